The Labute approximate surface area is 105 Å². The smallest absolute Gasteiger partial charge is 0.236 e. The highest BCUT2D eigenvalue weighted by Crippen LogP contribution is 2.19. The second-order valence-electron chi connectivity index (χ2n) is 4.97. The van der Waals surface area contributed by atoms with E-state index in [1.54, 1.807) is 23.2 Å². The first kappa shape index (κ1) is 12.5. The van der Waals surface area contributed by atoms with Crippen LogP contribution >= 0.6 is 11.3 Å². The quantitative estimate of drug-likeness (QED) is 0.863. The Balaban J connectivity index is 1.76. The van der Waals surface area contributed by atoms with Gasteiger partial charge in [-0.1, -0.05) is 6.07 Å². The monoisotopic (exact) mass is 254 g/mol. The normalized spacial score (nSPS) is 18.8. The Morgan fingerprint density at radius 3 is 2.88 bits per heavy atom. The molecule has 1 fully saturated rings. The number of likely N-dealkylation sites (N-methyl/N-ethyl adjacent to an activating group) is 1. The predicted octanol–water partition coefficient (Wildman–Crippen LogP) is 0.773. The van der Waals surface area contributed by atoms with Crippen LogP contribution in [0.2, 0.25) is 0 Å². The number of hydrogen-bond acceptors (Lipinski definition) is 4. The van der Waals surface area contributed by atoms with E-state index in [1.807, 2.05) is 29.5 Å². The summed E-state index contributed by atoms with van der Waals surface area (Å²) in [5.41, 5.74) is -0.605. The molecule has 17 heavy (non-hydrogen) atoms. The Kier molecular flexibility index (Phi) is 3.51. The minimum Gasteiger partial charge on any atom is -0.388 e. The van der Waals surface area contributed by atoms with Gasteiger partial charge in [-0.15, -0.1) is 11.3 Å². The first-order valence-electron chi connectivity index (χ1n) is 5.67. The molecule has 0 saturated carbocycles. The van der Waals surface area contributed by atoms with Gasteiger partial charge in [-0.05, 0) is 18.4 Å². The Bertz CT molecular complexity index is 381. The van der Waals surface area contributed by atoms with Crippen LogP contribution in [0, 0.1) is 0 Å². The van der Waals surface area contributed by atoms with Crippen LogP contribution in [-0.2, 0) is 11.3 Å². The summed E-state index contributed by atoms with van der Waals surface area (Å²) >= 11 is 1.66. The molecule has 0 aliphatic carbocycles. The van der Waals surface area contributed by atoms with E-state index in [0.29, 0.717) is 26.2 Å². The van der Waals surface area contributed by atoms with Crippen LogP contribution in [0.15, 0.2) is 17.5 Å². The molecule has 94 valence electrons. The molecular weight excluding hydrogens is 236 g/mol. The molecule has 2 heterocycles. The average Bonchev–Trinajstić information content (AvgIpc) is 2.67. The van der Waals surface area contributed by atoms with Crippen LogP contribution in [0.25, 0.3) is 0 Å². The van der Waals surface area contributed by atoms with E-state index in [9.17, 15) is 9.90 Å². The lowest BCUT2D eigenvalue weighted by Gasteiger charge is -2.44. The molecule has 4 nitrogen and oxygen atoms in total. The van der Waals surface area contributed by atoms with Crippen molar-refractivity contribution in [3.8, 4) is 0 Å². The summed E-state index contributed by atoms with van der Waals surface area (Å²) in [6.07, 6.45) is 0. The number of β-amino-alcohol motifs (C(OH)–C–C–N with tert-alkyl or cyclic N) is 1. The molecule has 0 atom stereocenters. The van der Waals surface area contributed by atoms with Gasteiger partial charge in [0.1, 0.15) is 0 Å². The molecule has 1 aromatic heterocycles. The molecule has 1 aliphatic rings. The minimum absolute atomic E-state index is 0.105. The minimum atomic E-state index is -0.605. The van der Waals surface area contributed by atoms with Crippen molar-refractivity contribution in [1.82, 2.24) is 9.80 Å². The van der Waals surface area contributed by atoms with E-state index >= 15 is 0 Å². The van der Waals surface area contributed by atoms with Gasteiger partial charge in [0.15, 0.2) is 0 Å². The van der Waals surface area contributed by atoms with Crippen molar-refractivity contribution in [2.45, 2.75) is 19.1 Å². The van der Waals surface area contributed by atoms with Crippen LogP contribution in [0.3, 0.4) is 0 Å². The maximum absolute atomic E-state index is 11.9. The summed E-state index contributed by atoms with van der Waals surface area (Å²) in [5.74, 6) is 0.105. The number of hydrogen-bond donors (Lipinski definition) is 1. The van der Waals surface area contributed by atoms with Crippen LogP contribution in [0.1, 0.15) is 11.8 Å². The van der Waals surface area contributed by atoms with Crippen LogP contribution in [-0.4, -0.2) is 53.1 Å². The summed E-state index contributed by atoms with van der Waals surface area (Å²) < 4.78 is 0. The Morgan fingerprint density at radius 2 is 2.35 bits per heavy atom. The first-order valence-corrected chi connectivity index (χ1v) is 6.55. The van der Waals surface area contributed by atoms with Gasteiger partial charge >= 0.3 is 0 Å². The molecule has 0 unspecified atom stereocenters. The number of aliphatic hydroxyl groups is 1. The lowest BCUT2D eigenvalue weighted by atomic mass is 9.97. The summed E-state index contributed by atoms with van der Waals surface area (Å²) in [6, 6.07) is 4.02. The third kappa shape index (κ3) is 3.28. The molecule has 2 rings (SSSR count). The summed E-state index contributed by atoms with van der Waals surface area (Å²) in [5, 5.41) is 11.6. The molecule has 1 aliphatic heterocycles. The van der Waals surface area contributed by atoms with Crippen molar-refractivity contribution in [1.29, 1.82) is 0 Å². The van der Waals surface area contributed by atoms with Gasteiger partial charge in [-0.3, -0.25) is 9.69 Å². The molecule has 1 amide bonds. The van der Waals surface area contributed by atoms with Gasteiger partial charge in [-0.2, -0.15) is 0 Å². The van der Waals surface area contributed by atoms with Gasteiger partial charge in [0.05, 0.1) is 18.7 Å². The largest absolute Gasteiger partial charge is 0.388 e. The molecular formula is C12H18N2O2S. The fraction of sp³-hybridized carbons (Fsp3) is 0.583. The number of likely N-dealkylation sites (tertiary alicyclic amines) is 1. The van der Waals surface area contributed by atoms with E-state index in [-0.39, 0.29) is 5.91 Å². The summed E-state index contributed by atoms with van der Waals surface area (Å²) in [7, 11) is 1.82. The maximum Gasteiger partial charge on any atom is 0.236 e. The fourth-order valence-corrected chi connectivity index (χ4v) is 2.82. The van der Waals surface area contributed by atoms with Crippen molar-refractivity contribution in [3.63, 3.8) is 0 Å². The Morgan fingerprint density at radius 1 is 1.65 bits per heavy atom. The highest BCUT2D eigenvalue weighted by atomic mass is 32.1. The number of carbonyl (C=O) groups is 1. The molecule has 0 spiro atoms. The maximum atomic E-state index is 11.9. The van der Waals surface area contributed by atoms with E-state index < -0.39 is 5.60 Å². The van der Waals surface area contributed by atoms with Crippen LogP contribution in [0.5, 0.6) is 0 Å². The van der Waals surface area contributed by atoms with Gasteiger partial charge in [0.2, 0.25) is 5.91 Å². The lowest BCUT2D eigenvalue weighted by molar-refractivity contribution is -0.139. The highest BCUT2D eigenvalue weighted by Gasteiger charge is 2.37. The van der Waals surface area contributed by atoms with Gasteiger partial charge in [-0.25, -0.2) is 0 Å². The number of amides is 1. The van der Waals surface area contributed by atoms with Crippen molar-refractivity contribution >= 4 is 17.2 Å². The Hall–Kier alpha value is -0.910. The third-order valence-corrected chi connectivity index (χ3v) is 3.75. The van der Waals surface area contributed by atoms with Crippen LogP contribution in [0.4, 0.5) is 0 Å². The molecule has 5 heteroatoms. The number of rotatable bonds is 4. The summed E-state index contributed by atoms with van der Waals surface area (Å²) in [6.45, 7) is 4.04. The zero-order valence-electron chi connectivity index (χ0n) is 10.2. The molecule has 1 aromatic rings. The van der Waals surface area contributed by atoms with E-state index in [0.717, 1.165) is 0 Å². The van der Waals surface area contributed by atoms with Crippen molar-refractivity contribution < 1.29 is 9.90 Å². The molecule has 1 saturated heterocycles. The fourth-order valence-electron chi connectivity index (χ4n) is 2.07. The number of nitrogens with zero attached hydrogens (tertiary/aromatic N) is 2. The predicted molar refractivity (Wildman–Crippen MR) is 67.9 cm³/mol. The molecule has 1 N–H and O–H groups in total. The van der Waals surface area contributed by atoms with Crippen molar-refractivity contribution in [2.24, 2.45) is 0 Å². The molecule has 0 aromatic carbocycles. The zero-order chi connectivity index (χ0) is 12.5. The highest BCUT2D eigenvalue weighted by molar-refractivity contribution is 7.09. The third-order valence-electron chi connectivity index (χ3n) is 2.89. The van der Waals surface area contributed by atoms with E-state index in [2.05, 4.69) is 0 Å². The van der Waals surface area contributed by atoms with Gasteiger partial charge < -0.3 is 10.0 Å². The molecule has 0 bridgehead atoms. The number of carbonyl (C=O) groups excluding carboxylic acids is 1. The van der Waals surface area contributed by atoms with Crippen molar-refractivity contribution in [2.75, 3.05) is 26.7 Å². The second kappa shape index (κ2) is 4.76. The van der Waals surface area contributed by atoms with E-state index in [1.165, 1.54) is 4.88 Å². The SMILES string of the molecule is CN(Cc1cccs1)C(=O)CN1CC(C)(O)C1. The standard InChI is InChI=1S/C12H18N2O2S/c1-12(16)8-14(9-12)7-11(15)13(2)6-10-4-3-5-17-10/h3-5,16H,6-9H2,1-2H3. The second-order valence-corrected chi connectivity index (χ2v) is 6.00. The van der Waals surface area contributed by atoms with Crippen molar-refractivity contribution in [3.05, 3.63) is 22.4 Å². The molecule has 0 radical (unpaired) electrons. The summed E-state index contributed by atoms with van der Waals surface area (Å²) in [4.78, 5) is 16.8. The van der Waals surface area contributed by atoms with E-state index in [4.69, 9.17) is 0 Å². The van der Waals surface area contributed by atoms with Crippen LogP contribution < -0.4 is 0 Å². The van der Waals surface area contributed by atoms with Gasteiger partial charge in [0.25, 0.3) is 0 Å². The topological polar surface area (TPSA) is 43.8 Å². The zero-order valence-corrected chi connectivity index (χ0v) is 11.0. The lowest BCUT2D eigenvalue weighted by Crippen LogP contribution is -2.61. The average molecular weight is 254 g/mol. The van der Waals surface area contributed by atoms with Gasteiger partial charge in [0, 0.05) is 25.0 Å². The first-order chi connectivity index (χ1) is 7.96. The number of thiophene rings is 1.